The zero-order valence-corrected chi connectivity index (χ0v) is 10.3. The minimum absolute atomic E-state index is 0.0128. The van der Waals surface area contributed by atoms with Crippen molar-refractivity contribution >= 4 is 11.7 Å². The molecule has 0 spiro atoms. The van der Waals surface area contributed by atoms with Gasteiger partial charge in [0.25, 0.3) is 5.91 Å². The first kappa shape index (κ1) is 15.6. The highest BCUT2D eigenvalue weighted by Crippen LogP contribution is 1.91. The third-order valence-corrected chi connectivity index (χ3v) is 1.66. The summed E-state index contributed by atoms with van der Waals surface area (Å²) in [5.74, 6) is 3.79. The molecule has 0 saturated carbocycles. The van der Waals surface area contributed by atoms with E-state index in [0.717, 1.165) is 0 Å². The van der Waals surface area contributed by atoms with Crippen molar-refractivity contribution in [3.63, 3.8) is 0 Å². The van der Waals surface area contributed by atoms with Crippen molar-refractivity contribution in [1.29, 1.82) is 0 Å². The van der Waals surface area contributed by atoms with E-state index < -0.39 is 5.91 Å². The summed E-state index contributed by atoms with van der Waals surface area (Å²) in [4.78, 5) is 22.3. The molecule has 5 nitrogen and oxygen atoms in total. The van der Waals surface area contributed by atoms with Crippen LogP contribution in [-0.4, -0.2) is 42.7 Å². The van der Waals surface area contributed by atoms with Gasteiger partial charge in [-0.2, -0.15) is 0 Å². The van der Waals surface area contributed by atoms with Gasteiger partial charge in [-0.25, -0.2) is 0 Å². The first-order valence-corrected chi connectivity index (χ1v) is 5.60. The van der Waals surface area contributed by atoms with Crippen molar-refractivity contribution in [2.45, 2.75) is 32.7 Å². The van der Waals surface area contributed by atoms with Crippen molar-refractivity contribution in [3.8, 4) is 11.8 Å². The molecule has 0 fully saturated rings. The number of hydrogen-bond donors (Lipinski definition) is 2. The molecular formula is C12H19NO4. The van der Waals surface area contributed by atoms with E-state index in [-0.39, 0.29) is 31.5 Å². The fraction of sp³-hybridized carbons (Fsp3) is 0.667. The van der Waals surface area contributed by atoms with E-state index in [1.165, 1.54) is 0 Å². The molecule has 0 unspecified atom stereocenters. The lowest BCUT2D eigenvalue weighted by Gasteiger charge is -2.02. The van der Waals surface area contributed by atoms with Gasteiger partial charge in [0.15, 0.2) is 0 Å². The minimum atomic E-state index is -0.440. The Morgan fingerprint density at radius 3 is 2.59 bits per heavy atom. The van der Waals surface area contributed by atoms with Crippen LogP contribution in [0, 0.1) is 11.8 Å². The zero-order chi connectivity index (χ0) is 13.1. The van der Waals surface area contributed by atoms with Crippen LogP contribution in [0.1, 0.15) is 26.7 Å². The van der Waals surface area contributed by atoms with Crippen molar-refractivity contribution in [3.05, 3.63) is 0 Å². The lowest BCUT2D eigenvalue weighted by molar-refractivity contribution is -0.117. The number of ketones is 1. The van der Waals surface area contributed by atoms with Crippen LogP contribution in [0.3, 0.4) is 0 Å². The van der Waals surface area contributed by atoms with Gasteiger partial charge in [-0.1, -0.05) is 0 Å². The summed E-state index contributed by atoms with van der Waals surface area (Å²) in [5.41, 5.74) is 0. The normalized spacial score (nSPS) is 9.65. The standard InChI is InChI=1S/C12H19NO4/c1-10(2)13-12(16)6-5-11(15)4-3-8-17-9-7-14/h10,14H,3-4,7-9H2,1-2H3,(H,13,16). The molecular weight excluding hydrogens is 222 g/mol. The topological polar surface area (TPSA) is 75.6 Å². The Morgan fingerprint density at radius 2 is 2.00 bits per heavy atom. The molecule has 0 atom stereocenters. The van der Waals surface area contributed by atoms with Gasteiger partial charge in [-0.15, -0.1) is 0 Å². The molecule has 0 rings (SSSR count). The second-order valence-electron chi connectivity index (χ2n) is 3.74. The molecule has 0 saturated heterocycles. The van der Waals surface area contributed by atoms with Crippen LogP contribution in [0.5, 0.6) is 0 Å². The van der Waals surface area contributed by atoms with E-state index >= 15 is 0 Å². The maximum atomic E-state index is 11.2. The zero-order valence-electron chi connectivity index (χ0n) is 10.3. The minimum Gasteiger partial charge on any atom is -0.394 e. The fourth-order valence-electron chi connectivity index (χ4n) is 0.989. The summed E-state index contributed by atoms with van der Waals surface area (Å²) >= 11 is 0. The molecule has 2 N–H and O–H groups in total. The van der Waals surface area contributed by atoms with Crippen molar-refractivity contribution in [2.75, 3.05) is 19.8 Å². The van der Waals surface area contributed by atoms with Crippen LogP contribution >= 0.6 is 0 Å². The molecule has 1 amide bonds. The highest BCUT2D eigenvalue weighted by molar-refractivity contribution is 6.03. The summed E-state index contributed by atoms with van der Waals surface area (Å²) in [5, 5.41) is 11.0. The SMILES string of the molecule is CC(C)NC(=O)C#CC(=O)CCCOCCO. The average Bonchev–Trinajstić information content (AvgIpc) is 2.25. The maximum absolute atomic E-state index is 11.2. The summed E-state index contributed by atoms with van der Waals surface area (Å²) in [6, 6.07) is 0.0128. The van der Waals surface area contributed by atoms with Gasteiger partial charge in [0, 0.05) is 25.0 Å². The van der Waals surface area contributed by atoms with E-state index in [2.05, 4.69) is 17.2 Å². The highest BCUT2D eigenvalue weighted by atomic mass is 16.5. The number of amides is 1. The molecule has 0 aromatic heterocycles. The number of aliphatic hydroxyl groups excluding tert-OH is 1. The molecule has 0 aromatic carbocycles. The monoisotopic (exact) mass is 241 g/mol. The maximum Gasteiger partial charge on any atom is 0.296 e. The van der Waals surface area contributed by atoms with Crippen molar-refractivity contribution in [1.82, 2.24) is 5.32 Å². The second kappa shape index (κ2) is 9.82. The van der Waals surface area contributed by atoms with Gasteiger partial charge >= 0.3 is 0 Å². The quantitative estimate of drug-likeness (QED) is 0.370. The number of rotatable bonds is 7. The Kier molecular flexibility index (Phi) is 9.02. The number of nitrogens with one attached hydrogen (secondary N) is 1. The van der Waals surface area contributed by atoms with Crippen molar-refractivity contribution < 1.29 is 19.4 Å². The third-order valence-electron chi connectivity index (χ3n) is 1.66. The van der Waals surface area contributed by atoms with Crippen molar-refractivity contribution in [2.24, 2.45) is 0 Å². The van der Waals surface area contributed by atoms with Gasteiger partial charge in [0.05, 0.1) is 13.2 Å². The second-order valence-corrected chi connectivity index (χ2v) is 3.74. The smallest absolute Gasteiger partial charge is 0.296 e. The molecule has 0 aliphatic heterocycles. The Hall–Kier alpha value is -1.38. The van der Waals surface area contributed by atoms with Gasteiger partial charge in [0.1, 0.15) is 0 Å². The van der Waals surface area contributed by atoms with E-state index in [9.17, 15) is 9.59 Å². The van der Waals surface area contributed by atoms with E-state index in [1.807, 2.05) is 13.8 Å². The average molecular weight is 241 g/mol. The summed E-state index contributed by atoms with van der Waals surface area (Å²) in [7, 11) is 0. The van der Waals surface area contributed by atoms with Gasteiger partial charge in [-0.3, -0.25) is 9.59 Å². The first-order chi connectivity index (χ1) is 8.06. The molecule has 17 heavy (non-hydrogen) atoms. The number of hydrogen-bond acceptors (Lipinski definition) is 4. The number of carbonyl (C=O) groups is 2. The number of carbonyl (C=O) groups excluding carboxylic acids is 2. The molecule has 0 aliphatic rings. The number of aliphatic hydroxyl groups is 1. The predicted octanol–water partition coefficient (Wildman–Crippen LogP) is -0.127. The van der Waals surface area contributed by atoms with Crippen LogP contribution in [0.4, 0.5) is 0 Å². The van der Waals surface area contributed by atoms with E-state index in [1.54, 1.807) is 0 Å². The fourth-order valence-corrected chi connectivity index (χ4v) is 0.989. The molecule has 0 radical (unpaired) electrons. The first-order valence-electron chi connectivity index (χ1n) is 5.60. The summed E-state index contributed by atoms with van der Waals surface area (Å²) in [6.07, 6.45) is 0.798. The Morgan fingerprint density at radius 1 is 1.29 bits per heavy atom. The van der Waals surface area contributed by atoms with Gasteiger partial charge in [0.2, 0.25) is 5.78 Å². The Labute approximate surface area is 102 Å². The molecule has 0 aromatic rings. The number of Topliss-reactive ketones (excluding diaryl/α,β-unsaturated/α-hetero) is 1. The van der Waals surface area contributed by atoms with E-state index in [4.69, 9.17) is 9.84 Å². The summed E-state index contributed by atoms with van der Waals surface area (Å²) < 4.78 is 4.98. The van der Waals surface area contributed by atoms with Crippen LogP contribution in [0.2, 0.25) is 0 Å². The van der Waals surface area contributed by atoms with Crippen LogP contribution < -0.4 is 5.32 Å². The Balaban J connectivity index is 3.71. The highest BCUT2D eigenvalue weighted by Gasteiger charge is 2.00. The summed E-state index contributed by atoms with van der Waals surface area (Å²) in [6.45, 7) is 4.30. The number of ether oxygens (including phenoxy) is 1. The third kappa shape index (κ3) is 10.9. The van der Waals surface area contributed by atoms with Crippen LogP contribution in [0.25, 0.3) is 0 Å². The van der Waals surface area contributed by atoms with Crippen LogP contribution in [0.15, 0.2) is 0 Å². The molecule has 5 heteroatoms. The molecule has 0 bridgehead atoms. The predicted molar refractivity (Wildman–Crippen MR) is 63.2 cm³/mol. The van der Waals surface area contributed by atoms with Gasteiger partial charge < -0.3 is 15.2 Å². The van der Waals surface area contributed by atoms with Gasteiger partial charge in [-0.05, 0) is 26.2 Å². The Bertz CT molecular complexity index is 301. The largest absolute Gasteiger partial charge is 0.394 e. The van der Waals surface area contributed by atoms with Crippen LogP contribution in [-0.2, 0) is 14.3 Å². The van der Waals surface area contributed by atoms with E-state index in [0.29, 0.717) is 13.0 Å². The molecule has 96 valence electrons. The molecule has 0 aliphatic carbocycles. The lowest BCUT2D eigenvalue weighted by Crippen LogP contribution is -2.28. The molecule has 0 heterocycles. The lowest BCUT2D eigenvalue weighted by atomic mass is 10.2.